The minimum atomic E-state index is -0.810. The van der Waals surface area contributed by atoms with Crippen LogP contribution in [0.5, 0.6) is 5.75 Å². The number of aromatic hydroxyl groups is 1. The lowest BCUT2D eigenvalue weighted by molar-refractivity contribution is -0.137. The molecule has 104 valence electrons. The summed E-state index contributed by atoms with van der Waals surface area (Å²) in [5.41, 5.74) is 2.91. The summed E-state index contributed by atoms with van der Waals surface area (Å²) in [7, 11) is 0. The maximum Gasteiger partial charge on any atom is 0.303 e. The van der Waals surface area contributed by atoms with Crippen molar-refractivity contribution >= 4 is 5.97 Å². The molecule has 0 aliphatic carbocycles. The Bertz CT molecular complexity index is 590. The van der Waals surface area contributed by atoms with Gasteiger partial charge in [-0.05, 0) is 41.2 Å². The van der Waals surface area contributed by atoms with E-state index in [0.717, 1.165) is 16.7 Å². The molecule has 0 saturated carbocycles. The lowest BCUT2D eigenvalue weighted by Gasteiger charge is -2.14. The van der Waals surface area contributed by atoms with Crippen LogP contribution in [0.2, 0.25) is 0 Å². The Labute approximate surface area is 118 Å². The van der Waals surface area contributed by atoms with E-state index >= 15 is 0 Å². The summed E-state index contributed by atoms with van der Waals surface area (Å²) in [4.78, 5) is 10.6. The van der Waals surface area contributed by atoms with Crippen LogP contribution >= 0.6 is 0 Å². The molecule has 0 radical (unpaired) electrons. The fourth-order valence-corrected chi connectivity index (χ4v) is 2.25. The van der Waals surface area contributed by atoms with Crippen molar-refractivity contribution in [3.63, 3.8) is 0 Å². The van der Waals surface area contributed by atoms with E-state index in [4.69, 9.17) is 5.11 Å². The molecule has 0 fully saturated rings. The van der Waals surface area contributed by atoms with Gasteiger partial charge in [0.15, 0.2) is 0 Å². The normalized spacial score (nSPS) is 12.1. The molecule has 2 aromatic carbocycles. The molecule has 1 atom stereocenters. The Kier molecular flexibility index (Phi) is 4.41. The van der Waals surface area contributed by atoms with E-state index < -0.39 is 5.97 Å². The first-order chi connectivity index (χ1) is 9.58. The summed E-state index contributed by atoms with van der Waals surface area (Å²) in [6.45, 7) is 1.94. The number of rotatable bonds is 5. The van der Waals surface area contributed by atoms with Crippen LogP contribution in [0.25, 0.3) is 11.1 Å². The van der Waals surface area contributed by atoms with E-state index in [0.29, 0.717) is 6.42 Å². The molecule has 0 saturated heterocycles. The number of phenols is 1. The molecule has 1 unspecified atom stereocenters. The van der Waals surface area contributed by atoms with Crippen LogP contribution < -0.4 is 0 Å². The monoisotopic (exact) mass is 270 g/mol. The van der Waals surface area contributed by atoms with Crippen LogP contribution in [-0.2, 0) is 4.79 Å². The molecule has 2 N–H and O–H groups in total. The third-order valence-electron chi connectivity index (χ3n) is 3.46. The Morgan fingerprint density at radius 3 is 2.45 bits per heavy atom. The van der Waals surface area contributed by atoms with Crippen molar-refractivity contribution in [2.24, 2.45) is 0 Å². The number of hydrogen-bond donors (Lipinski definition) is 2. The molecule has 0 aromatic heterocycles. The van der Waals surface area contributed by atoms with Crippen molar-refractivity contribution in [1.82, 2.24) is 0 Å². The molecule has 0 heterocycles. The van der Waals surface area contributed by atoms with Crippen molar-refractivity contribution in [2.75, 3.05) is 0 Å². The van der Waals surface area contributed by atoms with Crippen molar-refractivity contribution in [2.45, 2.75) is 25.7 Å². The molecule has 0 aliphatic heterocycles. The van der Waals surface area contributed by atoms with Gasteiger partial charge in [0.05, 0.1) is 0 Å². The smallest absolute Gasteiger partial charge is 0.303 e. The first-order valence-electron chi connectivity index (χ1n) is 6.68. The highest BCUT2D eigenvalue weighted by Crippen LogP contribution is 2.33. The number of hydrogen-bond acceptors (Lipinski definition) is 2. The van der Waals surface area contributed by atoms with Gasteiger partial charge in [0.1, 0.15) is 5.75 Å². The van der Waals surface area contributed by atoms with Crippen molar-refractivity contribution in [1.29, 1.82) is 0 Å². The lowest BCUT2D eigenvalue weighted by Crippen LogP contribution is -2.00. The quantitative estimate of drug-likeness (QED) is 0.862. The fraction of sp³-hybridized carbons (Fsp3) is 0.235. The zero-order valence-corrected chi connectivity index (χ0v) is 11.4. The summed E-state index contributed by atoms with van der Waals surface area (Å²) >= 11 is 0. The summed E-state index contributed by atoms with van der Waals surface area (Å²) in [6.07, 6.45) is 0.622. The number of carboxylic acids is 1. The second-order valence-corrected chi connectivity index (χ2v) is 4.97. The van der Waals surface area contributed by atoms with Gasteiger partial charge in [-0.1, -0.05) is 43.3 Å². The third-order valence-corrected chi connectivity index (χ3v) is 3.46. The summed E-state index contributed by atoms with van der Waals surface area (Å²) in [5.74, 6) is -0.576. The molecular formula is C17H18O3. The standard InChI is InChI=1S/C17H18O3/c1-12(7-10-17(19)20)15-11-14(8-9-16(15)18)13-5-3-2-4-6-13/h2-6,8-9,11-12,18H,7,10H2,1H3,(H,19,20). The average Bonchev–Trinajstić information content (AvgIpc) is 2.46. The highest BCUT2D eigenvalue weighted by atomic mass is 16.4. The van der Waals surface area contributed by atoms with Gasteiger partial charge >= 0.3 is 5.97 Å². The lowest BCUT2D eigenvalue weighted by atomic mass is 9.92. The Balaban J connectivity index is 2.27. The van der Waals surface area contributed by atoms with Gasteiger partial charge in [0.2, 0.25) is 0 Å². The second-order valence-electron chi connectivity index (χ2n) is 4.97. The second kappa shape index (κ2) is 6.24. The highest BCUT2D eigenvalue weighted by Gasteiger charge is 2.13. The largest absolute Gasteiger partial charge is 0.508 e. The number of aliphatic carboxylic acids is 1. The van der Waals surface area contributed by atoms with Crippen molar-refractivity contribution in [3.8, 4) is 16.9 Å². The van der Waals surface area contributed by atoms with E-state index in [2.05, 4.69) is 0 Å². The van der Waals surface area contributed by atoms with Gasteiger partial charge in [-0.15, -0.1) is 0 Å². The number of benzene rings is 2. The topological polar surface area (TPSA) is 57.5 Å². The molecule has 0 amide bonds. The van der Waals surface area contributed by atoms with Crippen molar-refractivity contribution < 1.29 is 15.0 Å². The third kappa shape index (κ3) is 3.38. The predicted octanol–water partition coefficient (Wildman–Crippen LogP) is 4.03. The summed E-state index contributed by atoms with van der Waals surface area (Å²) in [6, 6.07) is 15.4. The van der Waals surface area contributed by atoms with Crippen molar-refractivity contribution in [3.05, 3.63) is 54.1 Å². The molecule has 0 bridgehead atoms. The zero-order chi connectivity index (χ0) is 14.5. The van der Waals surface area contributed by atoms with E-state index in [1.165, 1.54) is 0 Å². The molecule has 0 spiro atoms. The van der Waals surface area contributed by atoms with E-state index in [1.807, 2.05) is 49.4 Å². The maximum absolute atomic E-state index is 10.6. The fourth-order valence-electron chi connectivity index (χ4n) is 2.25. The molecule has 0 aliphatic rings. The number of phenolic OH excluding ortho intramolecular Hbond substituents is 1. The molecule has 20 heavy (non-hydrogen) atoms. The SMILES string of the molecule is CC(CCC(=O)O)c1cc(-c2ccccc2)ccc1O. The molecule has 3 heteroatoms. The van der Waals surface area contributed by atoms with Gasteiger partial charge in [-0.25, -0.2) is 0 Å². The first kappa shape index (κ1) is 14.1. The van der Waals surface area contributed by atoms with Gasteiger partial charge in [0, 0.05) is 6.42 Å². The minimum Gasteiger partial charge on any atom is -0.508 e. The maximum atomic E-state index is 10.6. The van der Waals surface area contributed by atoms with E-state index in [-0.39, 0.29) is 18.1 Å². The van der Waals surface area contributed by atoms with Gasteiger partial charge in [-0.3, -0.25) is 4.79 Å². The molecular weight excluding hydrogens is 252 g/mol. The minimum absolute atomic E-state index is 0.00904. The first-order valence-corrected chi connectivity index (χ1v) is 6.68. The summed E-state index contributed by atoms with van der Waals surface area (Å²) < 4.78 is 0. The Hall–Kier alpha value is -2.29. The number of carbonyl (C=O) groups is 1. The zero-order valence-electron chi connectivity index (χ0n) is 11.4. The Morgan fingerprint density at radius 2 is 1.80 bits per heavy atom. The van der Waals surface area contributed by atoms with Gasteiger partial charge in [-0.2, -0.15) is 0 Å². The van der Waals surface area contributed by atoms with Crippen LogP contribution in [0, 0.1) is 0 Å². The highest BCUT2D eigenvalue weighted by molar-refractivity contribution is 5.67. The van der Waals surface area contributed by atoms with Gasteiger partial charge in [0.25, 0.3) is 0 Å². The van der Waals surface area contributed by atoms with Crippen LogP contribution in [-0.4, -0.2) is 16.2 Å². The molecule has 3 nitrogen and oxygen atoms in total. The Morgan fingerprint density at radius 1 is 1.10 bits per heavy atom. The van der Waals surface area contributed by atoms with E-state index in [1.54, 1.807) is 6.07 Å². The van der Waals surface area contributed by atoms with E-state index in [9.17, 15) is 9.90 Å². The summed E-state index contributed by atoms with van der Waals surface area (Å²) in [5, 5.41) is 18.7. The van der Waals surface area contributed by atoms with Gasteiger partial charge < -0.3 is 10.2 Å². The van der Waals surface area contributed by atoms with Crippen LogP contribution in [0.3, 0.4) is 0 Å². The molecule has 2 aromatic rings. The molecule has 2 rings (SSSR count). The average molecular weight is 270 g/mol. The van der Waals surface area contributed by atoms with Crippen LogP contribution in [0.15, 0.2) is 48.5 Å². The number of carboxylic acid groups (broad SMARTS) is 1. The van der Waals surface area contributed by atoms with Crippen LogP contribution in [0.1, 0.15) is 31.2 Å². The van der Waals surface area contributed by atoms with Crippen LogP contribution in [0.4, 0.5) is 0 Å². The predicted molar refractivity (Wildman–Crippen MR) is 78.8 cm³/mol.